The highest BCUT2D eigenvalue weighted by Gasteiger charge is 2.29. The Hall–Kier alpha value is -2.55. The lowest BCUT2D eigenvalue weighted by Gasteiger charge is -2.11. The topological polar surface area (TPSA) is 101 Å². The molecule has 1 fully saturated rings. The van der Waals surface area contributed by atoms with Crippen LogP contribution in [0.25, 0.3) is 0 Å². The molecular formula is C15H15FN4O3S. The van der Waals surface area contributed by atoms with Gasteiger partial charge in [0, 0.05) is 17.9 Å². The zero-order valence-corrected chi connectivity index (χ0v) is 13.4. The van der Waals surface area contributed by atoms with Crippen LogP contribution in [0.3, 0.4) is 0 Å². The number of carbonyl (C=O) groups excluding carboxylic acids is 1. The van der Waals surface area contributed by atoms with Crippen LogP contribution in [0.15, 0.2) is 36.5 Å². The number of halogens is 1. The van der Waals surface area contributed by atoms with Crippen molar-refractivity contribution in [3.8, 4) is 0 Å². The Morgan fingerprint density at radius 2 is 2.12 bits per heavy atom. The number of sulfone groups is 1. The largest absolute Gasteiger partial charge is 0.347 e. The monoisotopic (exact) mass is 350 g/mol. The molecule has 2 N–H and O–H groups in total. The molecule has 1 amide bonds. The first-order valence-corrected chi connectivity index (χ1v) is 9.10. The number of hydrogen-bond acceptors (Lipinski definition) is 6. The van der Waals surface area contributed by atoms with Crippen LogP contribution in [0.1, 0.15) is 16.9 Å². The van der Waals surface area contributed by atoms with Gasteiger partial charge in [0.1, 0.15) is 11.5 Å². The van der Waals surface area contributed by atoms with Crippen molar-refractivity contribution >= 4 is 27.4 Å². The third-order valence-corrected chi connectivity index (χ3v) is 5.30. The van der Waals surface area contributed by atoms with Crippen molar-refractivity contribution in [2.45, 2.75) is 12.5 Å². The number of nitrogens with one attached hydrogen (secondary N) is 2. The minimum absolute atomic E-state index is 0.0573. The summed E-state index contributed by atoms with van der Waals surface area (Å²) in [5.41, 5.74) is 0.558. The molecule has 1 aromatic heterocycles. The van der Waals surface area contributed by atoms with Crippen LogP contribution in [-0.2, 0) is 9.84 Å². The Bertz CT molecular complexity index is 873. The van der Waals surface area contributed by atoms with Crippen molar-refractivity contribution < 1.29 is 17.6 Å². The normalized spacial score (nSPS) is 19.0. The summed E-state index contributed by atoms with van der Waals surface area (Å²) in [4.78, 5) is 20.2. The molecule has 24 heavy (non-hydrogen) atoms. The van der Waals surface area contributed by atoms with E-state index in [1.54, 1.807) is 6.07 Å². The van der Waals surface area contributed by atoms with Gasteiger partial charge in [0.2, 0.25) is 5.95 Å². The van der Waals surface area contributed by atoms with Crippen LogP contribution in [-0.4, -0.2) is 41.8 Å². The predicted octanol–water partition coefficient (Wildman–Crippen LogP) is 1.28. The summed E-state index contributed by atoms with van der Waals surface area (Å²) < 4.78 is 36.0. The molecule has 0 bridgehead atoms. The molecule has 3 rings (SSSR count). The molecule has 7 nitrogen and oxygen atoms in total. The van der Waals surface area contributed by atoms with E-state index in [4.69, 9.17) is 0 Å². The summed E-state index contributed by atoms with van der Waals surface area (Å²) in [6.07, 6.45) is 1.79. The van der Waals surface area contributed by atoms with Crippen molar-refractivity contribution in [1.82, 2.24) is 15.3 Å². The van der Waals surface area contributed by atoms with Gasteiger partial charge in [0.05, 0.1) is 11.5 Å². The van der Waals surface area contributed by atoms with E-state index in [1.165, 1.54) is 30.5 Å². The Morgan fingerprint density at radius 3 is 2.83 bits per heavy atom. The zero-order chi connectivity index (χ0) is 17.2. The lowest BCUT2D eigenvalue weighted by atomic mass is 10.2. The van der Waals surface area contributed by atoms with Crippen molar-refractivity contribution in [3.63, 3.8) is 0 Å². The van der Waals surface area contributed by atoms with E-state index in [2.05, 4.69) is 20.6 Å². The van der Waals surface area contributed by atoms with E-state index in [1.807, 2.05) is 0 Å². The Balaban J connectivity index is 1.69. The third kappa shape index (κ3) is 4.05. The number of anilines is 2. The van der Waals surface area contributed by atoms with Crippen LogP contribution in [0.4, 0.5) is 16.0 Å². The molecule has 126 valence electrons. The fourth-order valence-corrected chi connectivity index (χ4v) is 4.08. The van der Waals surface area contributed by atoms with Crippen LogP contribution in [0.5, 0.6) is 0 Å². The van der Waals surface area contributed by atoms with Crippen molar-refractivity contribution in [1.29, 1.82) is 0 Å². The molecule has 2 aromatic rings. The molecule has 1 unspecified atom stereocenters. The highest BCUT2D eigenvalue weighted by Crippen LogP contribution is 2.15. The van der Waals surface area contributed by atoms with Gasteiger partial charge in [-0.15, -0.1) is 0 Å². The van der Waals surface area contributed by atoms with E-state index in [-0.39, 0.29) is 23.1 Å². The van der Waals surface area contributed by atoms with E-state index in [0.717, 1.165) is 0 Å². The molecule has 1 aliphatic heterocycles. The maximum atomic E-state index is 13.2. The Labute approximate surface area is 138 Å². The molecular weight excluding hydrogens is 335 g/mol. The second kappa shape index (κ2) is 6.52. The SMILES string of the molecule is O=C(NC1CCS(=O)(=O)C1)c1ccnc(Nc2cccc(F)c2)n1. The number of rotatable bonds is 4. The number of aromatic nitrogens is 2. The molecule has 0 aliphatic carbocycles. The molecule has 0 spiro atoms. The maximum absolute atomic E-state index is 13.2. The summed E-state index contributed by atoms with van der Waals surface area (Å²) >= 11 is 0. The number of amides is 1. The molecule has 0 saturated carbocycles. The highest BCUT2D eigenvalue weighted by atomic mass is 32.2. The first-order chi connectivity index (χ1) is 11.4. The lowest BCUT2D eigenvalue weighted by molar-refractivity contribution is 0.0936. The second-order valence-corrected chi connectivity index (χ2v) is 7.70. The van der Waals surface area contributed by atoms with Gasteiger partial charge < -0.3 is 10.6 Å². The molecule has 1 saturated heterocycles. The van der Waals surface area contributed by atoms with Gasteiger partial charge in [-0.05, 0) is 30.7 Å². The van der Waals surface area contributed by atoms with Gasteiger partial charge in [-0.1, -0.05) is 6.07 Å². The van der Waals surface area contributed by atoms with E-state index in [9.17, 15) is 17.6 Å². The van der Waals surface area contributed by atoms with Crippen molar-refractivity contribution in [3.05, 3.63) is 48.0 Å². The van der Waals surface area contributed by atoms with Crippen LogP contribution in [0, 0.1) is 5.82 Å². The molecule has 1 aromatic carbocycles. The summed E-state index contributed by atoms with van der Waals surface area (Å²) in [5, 5.41) is 5.46. The van der Waals surface area contributed by atoms with E-state index >= 15 is 0 Å². The number of nitrogens with zero attached hydrogens (tertiary/aromatic N) is 2. The summed E-state index contributed by atoms with van der Waals surface area (Å²) in [7, 11) is -3.07. The van der Waals surface area contributed by atoms with Gasteiger partial charge in [0.15, 0.2) is 9.84 Å². The standard InChI is InChI=1S/C15H15FN4O3S/c16-10-2-1-3-11(8-10)19-15-17-6-4-13(20-15)14(21)18-12-5-7-24(22,23)9-12/h1-4,6,8,12H,5,7,9H2,(H,18,21)(H,17,19,20). The van der Waals surface area contributed by atoms with Gasteiger partial charge in [-0.2, -0.15) is 0 Å². The molecule has 9 heteroatoms. The lowest BCUT2D eigenvalue weighted by Crippen LogP contribution is -2.36. The van der Waals surface area contributed by atoms with Gasteiger partial charge in [0.25, 0.3) is 5.91 Å². The minimum atomic E-state index is -3.07. The summed E-state index contributed by atoms with van der Waals surface area (Å²) in [6, 6.07) is 6.79. The quantitative estimate of drug-likeness (QED) is 0.861. The summed E-state index contributed by atoms with van der Waals surface area (Å²) in [6.45, 7) is 0. The van der Waals surface area contributed by atoms with E-state index in [0.29, 0.717) is 12.1 Å². The van der Waals surface area contributed by atoms with E-state index < -0.39 is 27.6 Å². The highest BCUT2D eigenvalue weighted by molar-refractivity contribution is 7.91. The first kappa shape index (κ1) is 16.3. The van der Waals surface area contributed by atoms with Gasteiger partial charge in [-0.3, -0.25) is 4.79 Å². The molecule has 1 aliphatic rings. The smallest absolute Gasteiger partial charge is 0.270 e. The molecule has 0 radical (unpaired) electrons. The molecule has 2 heterocycles. The zero-order valence-electron chi connectivity index (χ0n) is 12.6. The average Bonchev–Trinajstić information content (AvgIpc) is 2.86. The van der Waals surface area contributed by atoms with Crippen LogP contribution in [0.2, 0.25) is 0 Å². The number of hydrogen-bond donors (Lipinski definition) is 2. The molecule has 1 atom stereocenters. The average molecular weight is 350 g/mol. The third-order valence-electron chi connectivity index (χ3n) is 3.54. The predicted molar refractivity (Wildman–Crippen MR) is 86.2 cm³/mol. The first-order valence-electron chi connectivity index (χ1n) is 7.28. The maximum Gasteiger partial charge on any atom is 0.270 e. The van der Waals surface area contributed by atoms with Crippen molar-refractivity contribution in [2.75, 3.05) is 16.8 Å². The fraction of sp³-hybridized carbons (Fsp3) is 0.267. The fourth-order valence-electron chi connectivity index (χ4n) is 2.41. The Kier molecular flexibility index (Phi) is 4.43. The van der Waals surface area contributed by atoms with Crippen molar-refractivity contribution in [2.24, 2.45) is 0 Å². The minimum Gasteiger partial charge on any atom is -0.347 e. The number of carbonyl (C=O) groups is 1. The number of benzene rings is 1. The Morgan fingerprint density at radius 1 is 1.29 bits per heavy atom. The van der Waals surface area contributed by atoms with Crippen LogP contribution < -0.4 is 10.6 Å². The van der Waals surface area contributed by atoms with Crippen LogP contribution >= 0.6 is 0 Å². The summed E-state index contributed by atoms with van der Waals surface area (Å²) in [5.74, 6) is -0.711. The van der Waals surface area contributed by atoms with Gasteiger partial charge >= 0.3 is 0 Å². The van der Waals surface area contributed by atoms with Gasteiger partial charge in [-0.25, -0.2) is 22.8 Å². The second-order valence-electron chi connectivity index (χ2n) is 5.47.